The van der Waals surface area contributed by atoms with Crippen molar-refractivity contribution in [3.05, 3.63) is 48.3 Å². The second-order valence-corrected chi connectivity index (χ2v) is 11.3. The van der Waals surface area contributed by atoms with Crippen molar-refractivity contribution in [1.82, 2.24) is 20.2 Å². The highest BCUT2D eigenvalue weighted by Gasteiger charge is 2.49. The largest absolute Gasteiger partial charge is 0.359 e. The summed E-state index contributed by atoms with van der Waals surface area (Å²) >= 11 is 0. The van der Waals surface area contributed by atoms with Gasteiger partial charge in [0.1, 0.15) is 11.6 Å². The van der Waals surface area contributed by atoms with Crippen LogP contribution in [0.15, 0.2) is 36.9 Å². The predicted molar refractivity (Wildman–Crippen MR) is 146 cm³/mol. The lowest BCUT2D eigenvalue weighted by Crippen LogP contribution is -2.59. The molecule has 0 unspecified atom stereocenters. The maximum absolute atomic E-state index is 15.1. The Morgan fingerprint density at radius 2 is 1.95 bits per heavy atom. The highest BCUT2D eigenvalue weighted by atomic mass is 19.1. The van der Waals surface area contributed by atoms with E-state index in [-0.39, 0.29) is 29.1 Å². The summed E-state index contributed by atoms with van der Waals surface area (Å²) in [4.78, 5) is 40.7. The Bertz CT molecular complexity index is 1240. The van der Waals surface area contributed by atoms with Crippen LogP contribution in [0.5, 0.6) is 0 Å². The molecule has 1 aromatic heterocycles. The molecule has 1 atom stereocenters. The fourth-order valence-corrected chi connectivity index (χ4v) is 6.23. The molecule has 1 spiro atoms. The molecule has 5 rings (SSSR count). The summed E-state index contributed by atoms with van der Waals surface area (Å²) in [6.45, 7) is 11.6. The topological polar surface area (TPSA) is 81.7 Å². The third kappa shape index (κ3) is 4.86. The maximum Gasteiger partial charge on any atom is 0.245 e. The minimum atomic E-state index is -0.308. The first-order chi connectivity index (χ1) is 18.2. The Balaban J connectivity index is 1.51. The number of amides is 2. The van der Waals surface area contributed by atoms with Gasteiger partial charge in [0.25, 0.3) is 0 Å². The van der Waals surface area contributed by atoms with Gasteiger partial charge in [-0.05, 0) is 43.4 Å². The fraction of sp³-hybridized carbons (Fsp3) is 0.517. The van der Waals surface area contributed by atoms with Crippen LogP contribution in [-0.2, 0) is 16.0 Å². The second kappa shape index (κ2) is 10.3. The molecule has 38 heavy (non-hydrogen) atoms. The van der Waals surface area contributed by atoms with Gasteiger partial charge >= 0.3 is 0 Å². The van der Waals surface area contributed by atoms with E-state index < -0.39 is 0 Å². The number of hydrogen-bond donors (Lipinski definition) is 1. The number of halogens is 1. The summed E-state index contributed by atoms with van der Waals surface area (Å²) in [7, 11) is 1.66. The Morgan fingerprint density at radius 3 is 2.63 bits per heavy atom. The van der Waals surface area contributed by atoms with E-state index >= 15 is 4.39 Å². The Morgan fingerprint density at radius 1 is 1.18 bits per heavy atom. The fourth-order valence-electron chi connectivity index (χ4n) is 6.23. The van der Waals surface area contributed by atoms with Gasteiger partial charge in [-0.25, -0.2) is 9.37 Å². The Kier molecular flexibility index (Phi) is 7.11. The zero-order chi connectivity index (χ0) is 27.0. The molecule has 0 radical (unpaired) electrons. The highest BCUT2D eigenvalue weighted by Crippen LogP contribution is 2.43. The molecule has 1 N–H and O–H groups in total. The minimum absolute atomic E-state index is 0.00204. The van der Waals surface area contributed by atoms with Crippen molar-refractivity contribution >= 4 is 23.6 Å². The normalized spacial score (nSPS) is 18.5. The molecule has 202 valence electrons. The molecule has 2 amide bonds. The van der Waals surface area contributed by atoms with Crippen molar-refractivity contribution in [3.63, 3.8) is 0 Å². The molecule has 8 nitrogen and oxygen atoms in total. The molecule has 2 saturated heterocycles. The number of hydrogen-bond acceptors (Lipinski definition) is 6. The number of benzene rings is 1. The average Bonchev–Trinajstić information content (AvgIpc) is 3.52. The van der Waals surface area contributed by atoms with E-state index in [2.05, 4.69) is 35.5 Å². The van der Waals surface area contributed by atoms with Crippen LogP contribution in [0.4, 0.5) is 16.2 Å². The lowest BCUT2D eigenvalue weighted by molar-refractivity contribution is -0.136. The number of fused-ring (bicyclic) bond motifs is 1. The molecular weight excluding hydrogens is 483 g/mol. The highest BCUT2D eigenvalue weighted by molar-refractivity contribution is 5.87. The SMILES string of the molecule is C=CC(=O)N1CC2(CCN(c3nc(-c4ccccc4F)c4c(n3)N([C@H](CC(=O)NC)CC(C)C)CC4)C2)C1. The second-order valence-electron chi connectivity index (χ2n) is 11.3. The zero-order valence-electron chi connectivity index (χ0n) is 22.5. The lowest BCUT2D eigenvalue weighted by Gasteiger charge is -2.47. The van der Waals surface area contributed by atoms with Crippen molar-refractivity contribution in [2.24, 2.45) is 11.3 Å². The van der Waals surface area contributed by atoms with Gasteiger partial charge in [-0.3, -0.25) is 9.59 Å². The number of nitrogens with zero attached hydrogens (tertiary/aromatic N) is 5. The van der Waals surface area contributed by atoms with Crippen molar-refractivity contribution in [3.8, 4) is 11.3 Å². The van der Waals surface area contributed by atoms with Crippen molar-refractivity contribution < 1.29 is 14.0 Å². The number of anilines is 2. The molecular formula is C29H37FN6O2. The number of rotatable bonds is 8. The standard InChI is InChI=1S/C29H37FN6O2/c1-5-25(38)35-17-29(18-35)11-13-34(16-29)28-32-26(21-8-6-7-9-23(21)30)22-10-12-36(27(22)33-28)20(14-19(2)3)15-24(37)31-4/h5-9,19-20H,1,10-18H2,2-4H3,(H,31,37)/t20-/m0/s1. The first-order valence-corrected chi connectivity index (χ1v) is 13.5. The third-order valence-corrected chi connectivity index (χ3v) is 8.12. The van der Waals surface area contributed by atoms with E-state index in [9.17, 15) is 9.59 Å². The van der Waals surface area contributed by atoms with Gasteiger partial charge in [0, 0.05) is 68.8 Å². The molecule has 1 aromatic carbocycles. The first-order valence-electron chi connectivity index (χ1n) is 13.5. The van der Waals surface area contributed by atoms with Gasteiger partial charge in [-0.15, -0.1) is 0 Å². The molecule has 0 saturated carbocycles. The monoisotopic (exact) mass is 520 g/mol. The van der Waals surface area contributed by atoms with Crippen LogP contribution >= 0.6 is 0 Å². The van der Waals surface area contributed by atoms with Crippen LogP contribution in [-0.4, -0.2) is 72.5 Å². The summed E-state index contributed by atoms with van der Waals surface area (Å²) in [5.41, 5.74) is 2.07. The zero-order valence-corrected chi connectivity index (χ0v) is 22.5. The molecule has 3 aliphatic rings. The molecule has 2 aromatic rings. The summed E-state index contributed by atoms with van der Waals surface area (Å²) in [6.07, 6.45) is 4.23. The van der Waals surface area contributed by atoms with E-state index in [1.54, 1.807) is 19.2 Å². The molecule has 9 heteroatoms. The predicted octanol–water partition coefficient (Wildman–Crippen LogP) is 3.42. The smallest absolute Gasteiger partial charge is 0.245 e. The van der Waals surface area contributed by atoms with E-state index in [0.29, 0.717) is 55.6 Å². The molecule has 0 bridgehead atoms. The number of nitrogens with one attached hydrogen (secondary N) is 1. The Labute approximate surface area is 223 Å². The van der Waals surface area contributed by atoms with Crippen LogP contribution in [0.25, 0.3) is 11.3 Å². The van der Waals surface area contributed by atoms with E-state index in [4.69, 9.17) is 9.97 Å². The molecule has 4 heterocycles. The van der Waals surface area contributed by atoms with Crippen LogP contribution in [0, 0.1) is 17.2 Å². The lowest BCUT2D eigenvalue weighted by atomic mass is 9.79. The first kappa shape index (κ1) is 26.1. The van der Waals surface area contributed by atoms with Crippen molar-refractivity contribution in [2.75, 3.05) is 49.6 Å². The van der Waals surface area contributed by atoms with E-state index in [1.165, 1.54) is 12.1 Å². The van der Waals surface area contributed by atoms with E-state index in [0.717, 1.165) is 37.3 Å². The summed E-state index contributed by atoms with van der Waals surface area (Å²) in [5, 5.41) is 2.76. The molecule has 3 aliphatic heterocycles. The number of aromatic nitrogens is 2. The number of carbonyl (C=O) groups is 2. The number of likely N-dealkylation sites (tertiary alicyclic amines) is 1. The van der Waals surface area contributed by atoms with Crippen LogP contribution in [0.3, 0.4) is 0 Å². The molecule has 0 aliphatic carbocycles. The van der Waals surface area contributed by atoms with Crippen LogP contribution in [0.2, 0.25) is 0 Å². The van der Waals surface area contributed by atoms with Gasteiger partial charge in [0.15, 0.2) is 0 Å². The summed E-state index contributed by atoms with van der Waals surface area (Å²) in [6, 6.07) is 6.75. The minimum Gasteiger partial charge on any atom is -0.359 e. The van der Waals surface area contributed by atoms with Crippen LogP contribution in [0.1, 0.15) is 38.7 Å². The van der Waals surface area contributed by atoms with Crippen molar-refractivity contribution in [1.29, 1.82) is 0 Å². The number of carbonyl (C=O) groups excluding carboxylic acids is 2. The Hall–Kier alpha value is -3.49. The summed E-state index contributed by atoms with van der Waals surface area (Å²) < 4.78 is 15.1. The van der Waals surface area contributed by atoms with Crippen molar-refractivity contribution in [2.45, 2.75) is 45.6 Å². The summed E-state index contributed by atoms with van der Waals surface area (Å²) in [5.74, 6) is 1.45. The van der Waals surface area contributed by atoms with Crippen LogP contribution < -0.4 is 15.1 Å². The molecule has 2 fully saturated rings. The van der Waals surface area contributed by atoms with Gasteiger partial charge in [-0.2, -0.15) is 4.98 Å². The van der Waals surface area contributed by atoms with E-state index in [1.807, 2.05) is 11.0 Å². The third-order valence-electron chi connectivity index (χ3n) is 8.12. The van der Waals surface area contributed by atoms with Gasteiger partial charge < -0.3 is 20.0 Å². The maximum atomic E-state index is 15.1. The van der Waals surface area contributed by atoms with Gasteiger partial charge in [-0.1, -0.05) is 32.6 Å². The van der Waals surface area contributed by atoms with Gasteiger partial charge in [0.05, 0.1) is 5.69 Å². The van der Waals surface area contributed by atoms with Gasteiger partial charge in [0.2, 0.25) is 17.8 Å². The quantitative estimate of drug-likeness (QED) is 0.538. The average molecular weight is 521 g/mol.